The minimum absolute atomic E-state index is 0.0813. The fraction of sp³-hybridized carbons (Fsp3) is 0.167. The van der Waals surface area contributed by atoms with E-state index in [1.165, 1.54) is 6.21 Å². The van der Waals surface area contributed by atoms with Crippen molar-refractivity contribution in [2.24, 2.45) is 5.10 Å². The van der Waals surface area contributed by atoms with Crippen LogP contribution in [0.5, 0.6) is 5.75 Å². The van der Waals surface area contributed by atoms with Gasteiger partial charge in [-0.05, 0) is 36.8 Å². The van der Waals surface area contributed by atoms with Gasteiger partial charge in [-0.25, -0.2) is 10.2 Å². The molecule has 0 aliphatic rings. The molecule has 0 aliphatic carbocycles. The molecule has 0 heterocycles. The molecule has 0 saturated carbocycles. The van der Waals surface area contributed by atoms with Crippen molar-refractivity contribution in [3.05, 3.63) is 59.7 Å². The number of benzene rings is 2. The second-order valence-electron chi connectivity index (χ2n) is 5.24. The summed E-state index contributed by atoms with van der Waals surface area (Å²) >= 11 is 0. The summed E-state index contributed by atoms with van der Waals surface area (Å²) in [4.78, 5) is 22.4. The standard InChI is InChI=1S/C18H19N3O4/c1-13-5-4-7-15(9-13)19-11-17(22)21-20-10-14-6-2-3-8-16(14)25-12-18(23)24/h2-10,19H,11-12H2,1H3,(H,21,22)(H,23,24)/b20-10-. The number of hydrogen-bond acceptors (Lipinski definition) is 5. The molecular weight excluding hydrogens is 322 g/mol. The van der Waals surface area contributed by atoms with Crippen molar-refractivity contribution < 1.29 is 19.4 Å². The van der Waals surface area contributed by atoms with E-state index in [9.17, 15) is 9.59 Å². The molecule has 7 nitrogen and oxygen atoms in total. The summed E-state index contributed by atoms with van der Waals surface area (Å²) in [6.07, 6.45) is 1.40. The SMILES string of the molecule is Cc1cccc(NCC(=O)N/N=C\c2ccccc2OCC(=O)O)c1. The summed E-state index contributed by atoms with van der Waals surface area (Å²) in [7, 11) is 0. The summed E-state index contributed by atoms with van der Waals surface area (Å²) in [5, 5.41) is 15.5. The third kappa shape index (κ3) is 6.34. The Morgan fingerprint density at radius 3 is 2.76 bits per heavy atom. The fourth-order valence-electron chi connectivity index (χ4n) is 2.01. The van der Waals surface area contributed by atoms with E-state index >= 15 is 0 Å². The van der Waals surface area contributed by atoms with Gasteiger partial charge in [0.05, 0.1) is 12.8 Å². The maximum absolute atomic E-state index is 11.8. The van der Waals surface area contributed by atoms with Crippen molar-refractivity contribution in [3.63, 3.8) is 0 Å². The van der Waals surface area contributed by atoms with Crippen LogP contribution in [-0.2, 0) is 9.59 Å². The molecule has 0 unspecified atom stereocenters. The number of nitrogens with zero attached hydrogens (tertiary/aromatic N) is 1. The van der Waals surface area contributed by atoms with Gasteiger partial charge >= 0.3 is 5.97 Å². The number of carboxylic acids is 1. The molecule has 7 heteroatoms. The Morgan fingerprint density at radius 1 is 1.20 bits per heavy atom. The molecule has 130 valence electrons. The Kier molecular flexibility index (Phi) is 6.53. The van der Waals surface area contributed by atoms with Crippen molar-refractivity contribution in [1.82, 2.24) is 5.43 Å². The molecule has 0 spiro atoms. The molecular formula is C18H19N3O4. The van der Waals surface area contributed by atoms with Gasteiger partial charge in [0.2, 0.25) is 0 Å². The number of carbonyl (C=O) groups excluding carboxylic acids is 1. The Balaban J connectivity index is 1.86. The van der Waals surface area contributed by atoms with Crippen LogP contribution in [0, 0.1) is 6.92 Å². The molecule has 1 amide bonds. The largest absolute Gasteiger partial charge is 0.481 e. The molecule has 0 atom stereocenters. The number of carbonyl (C=O) groups is 2. The number of rotatable bonds is 8. The molecule has 0 aliphatic heterocycles. The Labute approximate surface area is 145 Å². The van der Waals surface area contributed by atoms with Crippen LogP contribution in [0.1, 0.15) is 11.1 Å². The van der Waals surface area contributed by atoms with Gasteiger partial charge in [-0.1, -0.05) is 24.3 Å². The first kappa shape index (κ1) is 18.0. The lowest BCUT2D eigenvalue weighted by atomic mass is 10.2. The first-order valence-corrected chi connectivity index (χ1v) is 7.60. The third-order valence-corrected chi connectivity index (χ3v) is 3.13. The predicted octanol–water partition coefficient (Wildman–Crippen LogP) is 2.02. The van der Waals surface area contributed by atoms with Crippen molar-refractivity contribution in [2.75, 3.05) is 18.5 Å². The fourth-order valence-corrected chi connectivity index (χ4v) is 2.01. The van der Waals surface area contributed by atoms with Gasteiger partial charge in [-0.15, -0.1) is 0 Å². The van der Waals surface area contributed by atoms with Crippen molar-refractivity contribution in [3.8, 4) is 5.75 Å². The lowest BCUT2D eigenvalue weighted by Crippen LogP contribution is -2.25. The van der Waals surface area contributed by atoms with E-state index < -0.39 is 12.6 Å². The number of para-hydroxylation sites is 1. The second-order valence-corrected chi connectivity index (χ2v) is 5.24. The summed E-state index contributed by atoms with van der Waals surface area (Å²) in [6, 6.07) is 14.5. The second kappa shape index (κ2) is 9.07. The maximum atomic E-state index is 11.8. The van der Waals surface area contributed by atoms with Crippen molar-refractivity contribution in [1.29, 1.82) is 0 Å². The Bertz CT molecular complexity index is 774. The minimum Gasteiger partial charge on any atom is -0.481 e. The average Bonchev–Trinajstić information content (AvgIpc) is 2.59. The first-order chi connectivity index (χ1) is 12.0. The molecule has 0 aromatic heterocycles. The molecule has 0 fully saturated rings. The number of carboxylic acid groups (broad SMARTS) is 1. The lowest BCUT2D eigenvalue weighted by molar-refractivity contribution is -0.139. The number of aryl methyl sites for hydroxylation is 1. The molecule has 3 N–H and O–H groups in total. The molecule has 0 bridgehead atoms. The van der Waals surface area contributed by atoms with Gasteiger partial charge in [0, 0.05) is 11.3 Å². The van der Waals surface area contributed by atoms with E-state index in [0.717, 1.165) is 11.3 Å². The number of aliphatic carboxylic acids is 1. The van der Waals surface area contributed by atoms with Gasteiger partial charge < -0.3 is 15.2 Å². The number of hydrogen-bond donors (Lipinski definition) is 3. The zero-order chi connectivity index (χ0) is 18.1. The van der Waals surface area contributed by atoms with Crippen LogP contribution in [-0.4, -0.2) is 36.3 Å². The van der Waals surface area contributed by atoms with E-state index in [4.69, 9.17) is 9.84 Å². The highest BCUT2D eigenvalue weighted by atomic mass is 16.5. The van der Waals surface area contributed by atoms with E-state index in [1.807, 2.05) is 31.2 Å². The normalized spacial score (nSPS) is 10.4. The van der Waals surface area contributed by atoms with E-state index in [1.54, 1.807) is 24.3 Å². The highest BCUT2D eigenvalue weighted by Gasteiger charge is 2.04. The van der Waals surface area contributed by atoms with Gasteiger partial charge in [0.15, 0.2) is 6.61 Å². The van der Waals surface area contributed by atoms with Gasteiger partial charge in [0.1, 0.15) is 5.75 Å². The quantitative estimate of drug-likeness (QED) is 0.504. The average molecular weight is 341 g/mol. The highest BCUT2D eigenvalue weighted by molar-refractivity contribution is 5.86. The molecule has 2 rings (SSSR count). The van der Waals surface area contributed by atoms with Crippen LogP contribution >= 0.6 is 0 Å². The van der Waals surface area contributed by atoms with E-state index in [2.05, 4.69) is 15.8 Å². The van der Waals surface area contributed by atoms with Crippen LogP contribution < -0.4 is 15.5 Å². The summed E-state index contributed by atoms with van der Waals surface area (Å²) in [6.45, 7) is 1.61. The van der Waals surface area contributed by atoms with Gasteiger partial charge in [0.25, 0.3) is 5.91 Å². The van der Waals surface area contributed by atoms with Crippen molar-refractivity contribution in [2.45, 2.75) is 6.92 Å². The van der Waals surface area contributed by atoms with E-state index in [0.29, 0.717) is 11.3 Å². The highest BCUT2D eigenvalue weighted by Crippen LogP contribution is 2.15. The molecule has 0 radical (unpaired) electrons. The Hall–Kier alpha value is -3.35. The molecule has 2 aromatic carbocycles. The number of nitrogens with one attached hydrogen (secondary N) is 2. The summed E-state index contributed by atoms with van der Waals surface area (Å²) in [5.41, 5.74) is 4.92. The van der Waals surface area contributed by atoms with Crippen LogP contribution in [0.2, 0.25) is 0 Å². The lowest BCUT2D eigenvalue weighted by Gasteiger charge is -2.07. The number of hydrazone groups is 1. The number of anilines is 1. The first-order valence-electron chi connectivity index (χ1n) is 7.60. The van der Waals surface area contributed by atoms with Gasteiger partial charge in [-0.3, -0.25) is 4.79 Å². The monoisotopic (exact) mass is 341 g/mol. The van der Waals surface area contributed by atoms with Crippen LogP contribution in [0.3, 0.4) is 0 Å². The zero-order valence-corrected chi connectivity index (χ0v) is 13.7. The zero-order valence-electron chi connectivity index (χ0n) is 13.7. The van der Waals surface area contributed by atoms with Crippen LogP contribution in [0.4, 0.5) is 5.69 Å². The smallest absolute Gasteiger partial charge is 0.341 e. The minimum atomic E-state index is -1.07. The Morgan fingerprint density at radius 2 is 2.00 bits per heavy atom. The maximum Gasteiger partial charge on any atom is 0.341 e. The van der Waals surface area contributed by atoms with Crippen LogP contribution in [0.15, 0.2) is 53.6 Å². The van der Waals surface area contributed by atoms with Gasteiger partial charge in [-0.2, -0.15) is 5.10 Å². The summed E-state index contributed by atoms with van der Waals surface area (Å²) < 4.78 is 5.16. The predicted molar refractivity (Wildman–Crippen MR) is 95.0 cm³/mol. The van der Waals surface area contributed by atoms with E-state index in [-0.39, 0.29) is 12.5 Å². The van der Waals surface area contributed by atoms with Crippen LogP contribution in [0.25, 0.3) is 0 Å². The summed E-state index contributed by atoms with van der Waals surface area (Å²) in [5.74, 6) is -0.996. The number of amides is 1. The molecule has 25 heavy (non-hydrogen) atoms. The third-order valence-electron chi connectivity index (χ3n) is 3.13. The molecule has 2 aromatic rings. The topological polar surface area (TPSA) is 100 Å². The van der Waals surface area contributed by atoms with Crippen molar-refractivity contribution >= 4 is 23.8 Å². The molecule has 0 saturated heterocycles. The number of ether oxygens (including phenoxy) is 1.